The Morgan fingerprint density at radius 3 is 2.81 bits per heavy atom. The Kier molecular flexibility index (Phi) is 7.90. The highest BCUT2D eigenvalue weighted by Crippen LogP contribution is 2.19. The zero-order chi connectivity index (χ0) is 18.4. The Balaban J connectivity index is 0.00000261. The summed E-state index contributed by atoms with van der Waals surface area (Å²) in [6.45, 7) is 3.91. The molecule has 1 heterocycles. The second-order valence-electron chi connectivity index (χ2n) is 6.05. The number of nitrogens with one attached hydrogen (secondary N) is 3. The highest BCUT2D eigenvalue weighted by atomic mass is 127. The van der Waals surface area contributed by atoms with E-state index in [4.69, 9.17) is 0 Å². The summed E-state index contributed by atoms with van der Waals surface area (Å²) in [6, 6.07) is 11.8. The molecule has 0 unspecified atom stereocenters. The molecule has 4 N–H and O–H groups in total. The number of H-pyrrole nitrogens is 1. The third-order valence-electron chi connectivity index (χ3n) is 4.09. The van der Waals surface area contributed by atoms with Crippen LogP contribution in [0.15, 0.2) is 53.7 Å². The minimum absolute atomic E-state index is 0. The number of nitrogens with zero attached hydrogens (tertiary/aromatic N) is 1. The van der Waals surface area contributed by atoms with Crippen LogP contribution in [-0.4, -0.2) is 29.1 Å². The molecule has 144 valence electrons. The number of guanidine groups is 1. The number of hydrogen-bond acceptors (Lipinski definition) is 2. The van der Waals surface area contributed by atoms with Gasteiger partial charge in [-0.05, 0) is 54.8 Å². The second kappa shape index (κ2) is 10.1. The van der Waals surface area contributed by atoms with Crippen LogP contribution in [0.2, 0.25) is 0 Å². The van der Waals surface area contributed by atoms with E-state index in [0.29, 0.717) is 19.0 Å². The number of rotatable bonds is 6. The lowest BCUT2D eigenvalue weighted by atomic mass is 10.1. The van der Waals surface area contributed by atoms with E-state index in [1.807, 2.05) is 19.2 Å². The van der Waals surface area contributed by atoms with Gasteiger partial charge in [0.25, 0.3) is 0 Å². The minimum atomic E-state index is -0.229. The first kappa shape index (κ1) is 21.0. The molecule has 0 aliphatic carbocycles. The van der Waals surface area contributed by atoms with Gasteiger partial charge in [0.15, 0.2) is 5.96 Å². The Bertz CT molecular complexity index is 910. The standard InChI is InChI=1S/C20H23FN4O.HI/c1-2-22-20(25-12-14-4-3-5-17(26)10-14)23-9-8-15-13-24-19-7-6-16(21)11-18(15)19;/h3-7,10-11,13,24,26H,2,8-9,12H2,1H3,(H2,22,23,25);1H. The van der Waals surface area contributed by atoms with Crippen LogP contribution in [0.5, 0.6) is 5.75 Å². The van der Waals surface area contributed by atoms with Gasteiger partial charge in [0.1, 0.15) is 11.6 Å². The number of aromatic nitrogens is 1. The van der Waals surface area contributed by atoms with Gasteiger partial charge in [-0.15, -0.1) is 24.0 Å². The van der Waals surface area contributed by atoms with Crippen molar-refractivity contribution < 1.29 is 9.50 Å². The molecule has 0 bridgehead atoms. The van der Waals surface area contributed by atoms with E-state index in [-0.39, 0.29) is 35.5 Å². The maximum atomic E-state index is 13.5. The topological polar surface area (TPSA) is 72.4 Å². The van der Waals surface area contributed by atoms with Crippen molar-refractivity contribution in [3.63, 3.8) is 0 Å². The van der Waals surface area contributed by atoms with Crippen LogP contribution in [0.3, 0.4) is 0 Å². The number of halogens is 2. The Hall–Kier alpha value is -2.29. The van der Waals surface area contributed by atoms with Crippen LogP contribution in [0.4, 0.5) is 4.39 Å². The Morgan fingerprint density at radius 2 is 2.04 bits per heavy atom. The predicted octanol–water partition coefficient (Wildman–Crippen LogP) is 3.93. The van der Waals surface area contributed by atoms with Crippen molar-refractivity contribution in [1.82, 2.24) is 15.6 Å². The van der Waals surface area contributed by atoms with Crippen LogP contribution in [0.25, 0.3) is 10.9 Å². The number of fused-ring (bicyclic) bond motifs is 1. The summed E-state index contributed by atoms with van der Waals surface area (Å²) in [5.41, 5.74) is 2.94. The van der Waals surface area contributed by atoms with E-state index in [9.17, 15) is 9.50 Å². The van der Waals surface area contributed by atoms with E-state index < -0.39 is 0 Å². The number of aliphatic imine (C=N–C) groups is 1. The molecule has 0 amide bonds. The second-order valence-corrected chi connectivity index (χ2v) is 6.05. The molecule has 27 heavy (non-hydrogen) atoms. The van der Waals surface area contributed by atoms with Crippen LogP contribution < -0.4 is 10.6 Å². The summed E-state index contributed by atoms with van der Waals surface area (Å²) in [7, 11) is 0. The molecule has 5 nitrogen and oxygen atoms in total. The van der Waals surface area contributed by atoms with E-state index in [2.05, 4.69) is 20.6 Å². The molecule has 0 saturated carbocycles. The average molecular weight is 482 g/mol. The summed E-state index contributed by atoms with van der Waals surface area (Å²) in [5, 5.41) is 16.9. The van der Waals surface area contributed by atoms with Crippen molar-refractivity contribution in [2.75, 3.05) is 13.1 Å². The molecule has 0 spiro atoms. The lowest BCUT2D eigenvalue weighted by Gasteiger charge is -2.11. The Labute approximate surface area is 175 Å². The summed E-state index contributed by atoms with van der Waals surface area (Å²) in [4.78, 5) is 7.70. The number of benzene rings is 2. The monoisotopic (exact) mass is 482 g/mol. The third-order valence-corrected chi connectivity index (χ3v) is 4.09. The van der Waals surface area contributed by atoms with E-state index in [1.165, 1.54) is 6.07 Å². The van der Waals surface area contributed by atoms with Crippen molar-refractivity contribution in [2.24, 2.45) is 4.99 Å². The van der Waals surface area contributed by atoms with Crippen LogP contribution >= 0.6 is 24.0 Å². The van der Waals surface area contributed by atoms with Gasteiger partial charge < -0.3 is 20.7 Å². The van der Waals surface area contributed by atoms with Gasteiger partial charge in [-0.3, -0.25) is 0 Å². The van der Waals surface area contributed by atoms with Gasteiger partial charge in [-0.25, -0.2) is 9.38 Å². The Morgan fingerprint density at radius 1 is 1.19 bits per heavy atom. The fraction of sp³-hybridized carbons (Fsp3) is 0.250. The van der Waals surface area contributed by atoms with Crippen molar-refractivity contribution >= 4 is 40.8 Å². The van der Waals surface area contributed by atoms with Crippen molar-refractivity contribution in [1.29, 1.82) is 0 Å². The minimum Gasteiger partial charge on any atom is -0.508 e. The molecule has 3 aromatic rings. The molecular formula is C20H24FIN4O. The van der Waals surface area contributed by atoms with Crippen molar-refractivity contribution in [3.05, 3.63) is 65.6 Å². The van der Waals surface area contributed by atoms with E-state index >= 15 is 0 Å². The SMILES string of the molecule is CCNC(=NCc1cccc(O)c1)NCCc1c[nH]c2ccc(F)cc12.I. The number of aromatic amines is 1. The molecule has 2 aromatic carbocycles. The lowest BCUT2D eigenvalue weighted by molar-refractivity contribution is 0.474. The first-order valence-corrected chi connectivity index (χ1v) is 8.71. The molecular weight excluding hydrogens is 458 g/mol. The van der Waals surface area contributed by atoms with Gasteiger partial charge in [-0.2, -0.15) is 0 Å². The molecule has 0 atom stereocenters. The molecule has 1 aromatic heterocycles. The zero-order valence-electron chi connectivity index (χ0n) is 15.1. The van der Waals surface area contributed by atoms with E-state index in [1.54, 1.807) is 30.3 Å². The summed E-state index contributed by atoms with van der Waals surface area (Å²) in [6.07, 6.45) is 2.67. The number of hydrogen-bond donors (Lipinski definition) is 4. The van der Waals surface area contributed by atoms with Crippen LogP contribution in [0, 0.1) is 5.82 Å². The predicted molar refractivity (Wildman–Crippen MR) is 118 cm³/mol. The number of phenols is 1. The fourth-order valence-corrected chi connectivity index (χ4v) is 2.84. The summed E-state index contributed by atoms with van der Waals surface area (Å²) < 4.78 is 13.5. The lowest BCUT2D eigenvalue weighted by Crippen LogP contribution is -2.38. The smallest absolute Gasteiger partial charge is 0.191 e. The molecule has 0 fully saturated rings. The van der Waals surface area contributed by atoms with E-state index in [0.717, 1.165) is 35.0 Å². The highest BCUT2D eigenvalue weighted by Gasteiger charge is 2.05. The highest BCUT2D eigenvalue weighted by molar-refractivity contribution is 14.0. The largest absolute Gasteiger partial charge is 0.508 e. The van der Waals surface area contributed by atoms with Crippen LogP contribution in [-0.2, 0) is 13.0 Å². The first-order valence-electron chi connectivity index (χ1n) is 8.71. The normalized spacial score (nSPS) is 11.3. The van der Waals surface area contributed by atoms with Gasteiger partial charge >= 0.3 is 0 Å². The first-order chi connectivity index (χ1) is 12.7. The van der Waals surface area contributed by atoms with Gasteiger partial charge in [-0.1, -0.05) is 12.1 Å². The summed E-state index contributed by atoms with van der Waals surface area (Å²) in [5.74, 6) is 0.719. The van der Waals surface area contributed by atoms with Gasteiger partial charge in [0.05, 0.1) is 6.54 Å². The molecule has 0 aliphatic rings. The van der Waals surface area contributed by atoms with Crippen LogP contribution in [0.1, 0.15) is 18.1 Å². The molecule has 0 radical (unpaired) electrons. The number of phenolic OH excluding ortho intramolecular Hbond substituents is 1. The molecule has 7 heteroatoms. The number of aromatic hydroxyl groups is 1. The fourth-order valence-electron chi connectivity index (χ4n) is 2.84. The zero-order valence-corrected chi connectivity index (χ0v) is 17.5. The molecule has 3 rings (SSSR count). The van der Waals surface area contributed by atoms with Crippen molar-refractivity contribution in [2.45, 2.75) is 19.9 Å². The third kappa shape index (κ3) is 5.85. The summed E-state index contributed by atoms with van der Waals surface area (Å²) >= 11 is 0. The molecule has 0 aliphatic heterocycles. The molecule has 0 saturated heterocycles. The maximum absolute atomic E-state index is 13.5. The average Bonchev–Trinajstić information content (AvgIpc) is 3.02. The maximum Gasteiger partial charge on any atom is 0.191 e. The van der Waals surface area contributed by atoms with Gasteiger partial charge in [0.2, 0.25) is 0 Å². The van der Waals surface area contributed by atoms with Gasteiger partial charge in [0, 0.05) is 30.2 Å². The van der Waals surface area contributed by atoms with Crippen molar-refractivity contribution in [3.8, 4) is 5.75 Å². The quantitative estimate of drug-likeness (QED) is 0.245.